The van der Waals surface area contributed by atoms with Gasteiger partial charge in [-0.3, -0.25) is 4.57 Å². The fraction of sp³-hybridized carbons (Fsp3) is 0.176. The maximum absolute atomic E-state index is 6.01. The summed E-state index contributed by atoms with van der Waals surface area (Å²) in [5, 5.41) is 2.44. The summed E-state index contributed by atoms with van der Waals surface area (Å²) < 4.78 is 8.31. The maximum Gasteiger partial charge on any atom is 0.219 e. The highest BCUT2D eigenvalue weighted by molar-refractivity contribution is 6.10. The second-order valence-electron chi connectivity index (χ2n) is 10.4. The number of rotatable bonds is 6. The number of para-hydroxylation sites is 1. The van der Waals surface area contributed by atoms with E-state index in [2.05, 4.69) is 104 Å². The predicted molar refractivity (Wildman–Crippen MR) is 157 cm³/mol. The lowest BCUT2D eigenvalue weighted by molar-refractivity contribution is 0.463. The van der Waals surface area contributed by atoms with Crippen LogP contribution in [-0.2, 0) is 0 Å². The number of benzene rings is 3. The fourth-order valence-corrected chi connectivity index (χ4v) is 5.24. The molecule has 4 nitrogen and oxygen atoms in total. The van der Waals surface area contributed by atoms with Crippen molar-refractivity contribution < 1.29 is 4.74 Å². The van der Waals surface area contributed by atoms with Gasteiger partial charge in [-0.15, -0.1) is 0 Å². The smallest absolute Gasteiger partial charge is 0.219 e. The van der Waals surface area contributed by atoms with Crippen molar-refractivity contribution in [2.75, 3.05) is 0 Å². The van der Waals surface area contributed by atoms with Crippen LogP contribution in [0.1, 0.15) is 50.7 Å². The number of pyridine rings is 2. The molecule has 6 aromatic rings. The van der Waals surface area contributed by atoms with Crippen LogP contribution in [0.4, 0.5) is 0 Å². The van der Waals surface area contributed by atoms with Gasteiger partial charge in [-0.2, -0.15) is 0 Å². The molecule has 0 aliphatic heterocycles. The van der Waals surface area contributed by atoms with Gasteiger partial charge in [0, 0.05) is 29.2 Å². The summed E-state index contributed by atoms with van der Waals surface area (Å²) in [4.78, 5) is 9.28. The molecule has 0 bridgehead atoms. The zero-order valence-electron chi connectivity index (χ0n) is 22.2. The summed E-state index contributed by atoms with van der Waals surface area (Å²) in [7, 11) is 0. The van der Waals surface area contributed by atoms with Crippen LogP contribution in [0, 0.1) is 0 Å². The highest BCUT2D eigenvalue weighted by atomic mass is 16.5. The molecule has 188 valence electrons. The summed E-state index contributed by atoms with van der Waals surface area (Å²) in [6.45, 7) is 8.99. The van der Waals surface area contributed by atoms with Crippen LogP contribution in [-0.4, -0.2) is 14.5 Å². The van der Waals surface area contributed by atoms with Crippen molar-refractivity contribution >= 4 is 21.8 Å². The second kappa shape index (κ2) is 9.79. The standard InChI is InChI=1S/C34H31N3O/c1-22(2)29-20-33(36-21-30(29)23(3)4)37-31-13-6-5-12-27(31)28-16-15-25(19-32(28)37)24-10-9-11-26(18-24)38-34-14-7-8-17-35-34/h5-23H,1-4H3. The maximum atomic E-state index is 6.01. The number of fused-ring (bicyclic) bond motifs is 3. The van der Waals surface area contributed by atoms with Crippen molar-refractivity contribution in [1.82, 2.24) is 14.5 Å². The Bertz CT molecular complexity index is 1750. The molecule has 3 aromatic carbocycles. The van der Waals surface area contributed by atoms with Crippen molar-refractivity contribution in [3.63, 3.8) is 0 Å². The second-order valence-corrected chi connectivity index (χ2v) is 10.4. The van der Waals surface area contributed by atoms with Crippen LogP contribution in [0.5, 0.6) is 11.6 Å². The van der Waals surface area contributed by atoms with Crippen LogP contribution in [0.2, 0.25) is 0 Å². The molecule has 0 N–H and O–H groups in total. The fourth-order valence-electron chi connectivity index (χ4n) is 5.24. The molecular weight excluding hydrogens is 466 g/mol. The Balaban J connectivity index is 1.51. The third kappa shape index (κ3) is 4.32. The first-order chi connectivity index (χ1) is 18.5. The predicted octanol–water partition coefficient (Wildman–Crippen LogP) is 9.28. The lowest BCUT2D eigenvalue weighted by Gasteiger charge is -2.18. The largest absolute Gasteiger partial charge is 0.439 e. The van der Waals surface area contributed by atoms with Crippen molar-refractivity contribution in [2.24, 2.45) is 0 Å². The van der Waals surface area contributed by atoms with E-state index in [0.717, 1.165) is 33.7 Å². The van der Waals surface area contributed by atoms with Crippen LogP contribution in [0.25, 0.3) is 38.8 Å². The van der Waals surface area contributed by atoms with E-state index in [9.17, 15) is 0 Å². The van der Waals surface area contributed by atoms with E-state index in [0.29, 0.717) is 17.7 Å². The molecule has 0 atom stereocenters. The minimum Gasteiger partial charge on any atom is -0.439 e. The molecule has 0 amide bonds. The molecule has 38 heavy (non-hydrogen) atoms. The zero-order valence-corrected chi connectivity index (χ0v) is 22.2. The van der Waals surface area contributed by atoms with Crippen molar-refractivity contribution in [3.05, 3.63) is 115 Å². The molecular formula is C34H31N3O. The average molecular weight is 498 g/mol. The molecule has 3 heterocycles. The summed E-state index contributed by atoms with van der Waals surface area (Å²) in [6.07, 6.45) is 3.80. The third-order valence-corrected chi connectivity index (χ3v) is 7.13. The molecule has 6 rings (SSSR count). The number of hydrogen-bond acceptors (Lipinski definition) is 3. The van der Waals surface area contributed by atoms with Gasteiger partial charge >= 0.3 is 0 Å². The van der Waals surface area contributed by atoms with Crippen molar-refractivity contribution in [1.29, 1.82) is 0 Å². The van der Waals surface area contributed by atoms with Crippen LogP contribution < -0.4 is 4.74 Å². The Morgan fingerprint density at radius 1 is 0.632 bits per heavy atom. The lowest BCUT2D eigenvalue weighted by Crippen LogP contribution is -2.05. The Labute approximate surface area is 223 Å². The quantitative estimate of drug-likeness (QED) is 0.230. The monoisotopic (exact) mass is 497 g/mol. The van der Waals surface area contributed by atoms with E-state index in [4.69, 9.17) is 9.72 Å². The van der Waals surface area contributed by atoms with E-state index >= 15 is 0 Å². The highest BCUT2D eigenvalue weighted by Crippen LogP contribution is 2.36. The first-order valence-corrected chi connectivity index (χ1v) is 13.2. The van der Waals surface area contributed by atoms with E-state index in [-0.39, 0.29) is 0 Å². The number of hydrogen-bond donors (Lipinski definition) is 0. The molecule has 0 saturated heterocycles. The number of aromatic nitrogens is 3. The van der Waals surface area contributed by atoms with Gasteiger partial charge < -0.3 is 4.74 Å². The molecule has 0 spiro atoms. The van der Waals surface area contributed by atoms with Gasteiger partial charge in [0.05, 0.1) is 11.0 Å². The lowest BCUT2D eigenvalue weighted by atomic mass is 9.92. The van der Waals surface area contributed by atoms with E-state index < -0.39 is 0 Å². The SMILES string of the molecule is CC(C)c1cnc(-n2c3ccccc3c3ccc(-c4cccc(Oc5ccccn5)c4)cc32)cc1C(C)C. The average Bonchev–Trinajstić information content (AvgIpc) is 3.27. The minimum absolute atomic E-state index is 0.416. The molecule has 0 aliphatic carbocycles. The minimum atomic E-state index is 0.416. The summed E-state index contributed by atoms with van der Waals surface area (Å²) in [5.41, 5.74) is 7.17. The first-order valence-electron chi connectivity index (χ1n) is 13.2. The zero-order chi connectivity index (χ0) is 26.2. The van der Waals surface area contributed by atoms with Gasteiger partial charge in [-0.25, -0.2) is 9.97 Å². The molecule has 0 saturated carbocycles. The topological polar surface area (TPSA) is 39.9 Å². The highest BCUT2D eigenvalue weighted by Gasteiger charge is 2.17. The van der Waals surface area contributed by atoms with Gasteiger partial charge in [0.25, 0.3) is 0 Å². The van der Waals surface area contributed by atoms with Crippen molar-refractivity contribution in [2.45, 2.75) is 39.5 Å². The van der Waals surface area contributed by atoms with Gasteiger partial charge in [0.1, 0.15) is 11.6 Å². The normalized spacial score (nSPS) is 11.6. The Morgan fingerprint density at radius 2 is 1.39 bits per heavy atom. The molecule has 3 aromatic heterocycles. The third-order valence-electron chi connectivity index (χ3n) is 7.13. The Hall–Kier alpha value is -4.44. The summed E-state index contributed by atoms with van der Waals surface area (Å²) in [5.74, 6) is 3.14. The van der Waals surface area contributed by atoms with Crippen LogP contribution >= 0.6 is 0 Å². The van der Waals surface area contributed by atoms with Gasteiger partial charge in [0.2, 0.25) is 5.88 Å². The van der Waals surface area contributed by atoms with E-state index in [1.807, 2.05) is 30.3 Å². The molecule has 0 aliphatic rings. The Kier molecular flexibility index (Phi) is 6.16. The molecule has 0 radical (unpaired) electrons. The van der Waals surface area contributed by atoms with Gasteiger partial charge in [0.15, 0.2) is 0 Å². The van der Waals surface area contributed by atoms with E-state index in [1.165, 1.54) is 21.9 Å². The molecule has 4 heteroatoms. The van der Waals surface area contributed by atoms with Gasteiger partial charge in [-0.05, 0) is 70.5 Å². The number of ether oxygens (including phenoxy) is 1. The molecule has 0 fully saturated rings. The van der Waals surface area contributed by atoms with E-state index in [1.54, 1.807) is 6.20 Å². The van der Waals surface area contributed by atoms with Crippen LogP contribution in [0.15, 0.2) is 103 Å². The number of nitrogens with zero attached hydrogens (tertiary/aromatic N) is 3. The van der Waals surface area contributed by atoms with Crippen LogP contribution in [0.3, 0.4) is 0 Å². The van der Waals surface area contributed by atoms with Crippen molar-refractivity contribution in [3.8, 4) is 28.6 Å². The summed E-state index contributed by atoms with van der Waals surface area (Å²) in [6, 6.07) is 31.4. The summed E-state index contributed by atoms with van der Waals surface area (Å²) >= 11 is 0. The van der Waals surface area contributed by atoms with Gasteiger partial charge in [-0.1, -0.05) is 76.2 Å². The Morgan fingerprint density at radius 3 is 2.18 bits per heavy atom. The molecule has 0 unspecified atom stereocenters. The first kappa shape index (κ1) is 23.9.